The molecule has 1 amide bonds. The standard InChI is InChI=1S/C24H30BNO4/c1-17(26-21(15-16-28-22(26)27)19-9-7-6-8-10-19)18-11-13-20(14-12-18)25-29-23(2,3)24(4,5)30-25/h6-14,17,21H,15-16H2,1-5H3/t17-,21?/m0/s1. The summed E-state index contributed by atoms with van der Waals surface area (Å²) in [7, 11) is -0.392. The van der Waals surface area contributed by atoms with Gasteiger partial charge in [0.05, 0.1) is 29.9 Å². The number of amides is 1. The van der Waals surface area contributed by atoms with Crippen LogP contribution in [0.1, 0.15) is 64.3 Å². The molecule has 0 N–H and O–H groups in total. The van der Waals surface area contributed by atoms with Crippen molar-refractivity contribution in [3.05, 3.63) is 65.7 Å². The summed E-state index contributed by atoms with van der Waals surface area (Å²) in [6.45, 7) is 10.7. The van der Waals surface area contributed by atoms with Gasteiger partial charge in [-0.05, 0) is 51.2 Å². The van der Waals surface area contributed by atoms with Crippen LogP contribution in [0.4, 0.5) is 4.79 Å². The summed E-state index contributed by atoms with van der Waals surface area (Å²) in [4.78, 5) is 14.5. The molecule has 2 saturated heterocycles. The van der Waals surface area contributed by atoms with E-state index >= 15 is 0 Å². The molecule has 0 spiro atoms. The zero-order chi connectivity index (χ0) is 21.5. The summed E-state index contributed by atoms with van der Waals surface area (Å²) >= 11 is 0. The Balaban J connectivity index is 1.55. The third-order valence-electron chi connectivity index (χ3n) is 6.71. The number of nitrogens with zero attached hydrogens (tertiary/aromatic N) is 1. The lowest BCUT2D eigenvalue weighted by atomic mass is 9.78. The highest BCUT2D eigenvalue weighted by molar-refractivity contribution is 6.62. The van der Waals surface area contributed by atoms with E-state index in [0.29, 0.717) is 6.61 Å². The topological polar surface area (TPSA) is 48.0 Å². The molecule has 2 fully saturated rings. The quantitative estimate of drug-likeness (QED) is 0.694. The third-order valence-corrected chi connectivity index (χ3v) is 6.71. The Labute approximate surface area is 179 Å². The molecule has 0 aliphatic carbocycles. The second-order valence-corrected chi connectivity index (χ2v) is 9.17. The number of cyclic esters (lactones) is 1. The van der Waals surface area contributed by atoms with Gasteiger partial charge in [-0.25, -0.2) is 4.79 Å². The van der Waals surface area contributed by atoms with Gasteiger partial charge in [0.1, 0.15) is 0 Å². The molecule has 0 saturated carbocycles. The minimum Gasteiger partial charge on any atom is -0.449 e. The molecule has 1 unspecified atom stereocenters. The van der Waals surface area contributed by atoms with E-state index < -0.39 is 7.12 Å². The van der Waals surface area contributed by atoms with Gasteiger partial charge in [0.15, 0.2) is 0 Å². The van der Waals surface area contributed by atoms with Crippen LogP contribution >= 0.6 is 0 Å². The number of carbonyl (C=O) groups is 1. The molecule has 158 valence electrons. The zero-order valence-electron chi connectivity index (χ0n) is 18.4. The van der Waals surface area contributed by atoms with Gasteiger partial charge in [0.25, 0.3) is 0 Å². The Morgan fingerprint density at radius 2 is 1.57 bits per heavy atom. The molecule has 2 atom stereocenters. The molecule has 0 bridgehead atoms. The summed E-state index contributed by atoms with van der Waals surface area (Å²) in [5, 5.41) is 0. The molecule has 4 rings (SSSR count). The van der Waals surface area contributed by atoms with Crippen molar-refractivity contribution in [2.45, 2.75) is 64.3 Å². The second kappa shape index (κ2) is 7.75. The smallest absolute Gasteiger partial charge is 0.449 e. The first-order valence-electron chi connectivity index (χ1n) is 10.7. The fourth-order valence-corrected chi connectivity index (χ4v) is 4.10. The Kier molecular flexibility index (Phi) is 5.41. The van der Waals surface area contributed by atoms with Gasteiger partial charge >= 0.3 is 13.2 Å². The van der Waals surface area contributed by atoms with Crippen LogP contribution in [-0.2, 0) is 14.0 Å². The molecular formula is C24H30BNO4. The van der Waals surface area contributed by atoms with Crippen LogP contribution in [0.15, 0.2) is 54.6 Å². The third kappa shape index (κ3) is 3.74. The Morgan fingerprint density at radius 1 is 0.967 bits per heavy atom. The van der Waals surface area contributed by atoms with Gasteiger partial charge in [-0.3, -0.25) is 4.90 Å². The molecule has 2 aromatic carbocycles. The van der Waals surface area contributed by atoms with E-state index in [1.165, 1.54) is 0 Å². The molecule has 0 radical (unpaired) electrons. The highest BCUT2D eigenvalue weighted by Gasteiger charge is 2.51. The molecule has 2 aliphatic rings. The highest BCUT2D eigenvalue weighted by Crippen LogP contribution is 2.38. The molecule has 0 aromatic heterocycles. The van der Waals surface area contributed by atoms with Gasteiger partial charge in [-0.15, -0.1) is 0 Å². The van der Waals surface area contributed by atoms with E-state index in [2.05, 4.69) is 52.0 Å². The van der Waals surface area contributed by atoms with Crippen molar-refractivity contribution < 1.29 is 18.8 Å². The van der Waals surface area contributed by atoms with Crippen molar-refractivity contribution in [3.8, 4) is 0 Å². The van der Waals surface area contributed by atoms with Crippen molar-refractivity contribution in [2.24, 2.45) is 0 Å². The van der Waals surface area contributed by atoms with Crippen LogP contribution < -0.4 is 5.46 Å². The predicted molar refractivity (Wildman–Crippen MR) is 118 cm³/mol. The second-order valence-electron chi connectivity index (χ2n) is 9.17. The molecule has 5 nitrogen and oxygen atoms in total. The molecule has 2 aromatic rings. The van der Waals surface area contributed by atoms with Crippen molar-refractivity contribution in [1.29, 1.82) is 0 Å². The van der Waals surface area contributed by atoms with Crippen LogP contribution in [0, 0.1) is 0 Å². The van der Waals surface area contributed by atoms with Crippen molar-refractivity contribution in [1.82, 2.24) is 4.90 Å². The fourth-order valence-electron chi connectivity index (χ4n) is 4.10. The first kappa shape index (κ1) is 20.9. The monoisotopic (exact) mass is 407 g/mol. The number of carbonyl (C=O) groups excluding carboxylic acids is 1. The zero-order valence-corrected chi connectivity index (χ0v) is 18.4. The van der Waals surface area contributed by atoms with Crippen molar-refractivity contribution in [3.63, 3.8) is 0 Å². The number of ether oxygens (including phenoxy) is 1. The van der Waals surface area contributed by atoms with Crippen molar-refractivity contribution >= 4 is 18.7 Å². The van der Waals surface area contributed by atoms with Gasteiger partial charge < -0.3 is 14.0 Å². The van der Waals surface area contributed by atoms with Crippen LogP contribution in [0.3, 0.4) is 0 Å². The van der Waals surface area contributed by atoms with E-state index in [9.17, 15) is 4.79 Å². The first-order chi connectivity index (χ1) is 14.2. The lowest BCUT2D eigenvalue weighted by Gasteiger charge is -2.39. The van der Waals surface area contributed by atoms with Crippen LogP contribution in [0.25, 0.3) is 0 Å². The summed E-state index contributed by atoms with van der Waals surface area (Å²) in [5.74, 6) is 0. The van der Waals surface area contributed by atoms with Crippen LogP contribution in [-0.4, -0.2) is 35.9 Å². The molecule has 6 heteroatoms. The number of rotatable bonds is 4. The van der Waals surface area contributed by atoms with E-state index in [4.69, 9.17) is 14.0 Å². The maximum absolute atomic E-state index is 12.7. The molecule has 30 heavy (non-hydrogen) atoms. The Morgan fingerprint density at radius 3 is 2.17 bits per heavy atom. The van der Waals surface area contributed by atoms with Gasteiger partial charge in [0.2, 0.25) is 0 Å². The lowest BCUT2D eigenvalue weighted by Crippen LogP contribution is -2.42. The molecule has 2 aliphatic heterocycles. The summed E-state index contributed by atoms with van der Waals surface area (Å²) in [5.41, 5.74) is 2.42. The maximum Gasteiger partial charge on any atom is 0.494 e. The van der Waals surface area contributed by atoms with Gasteiger partial charge in [-0.2, -0.15) is 0 Å². The van der Waals surface area contributed by atoms with E-state index in [0.717, 1.165) is 23.0 Å². The Bertz CT molecular complexity index is 881. The van der Waals surface area contributed by atoms with Crippen molar-refractivity contribution in [2.75, 3.05) is 6.61 Å². The number of hydrogen-bond acceptors (Lipinski definition) is 4. The molecule has 2 heterocycles. The maximum atomic E-state index is 12.7. The van der Waals surface area contributed by atoms with Gasteiger partial charge in [-0.1, -0.05) is 54.6 Å². The predicted octanol–water partition coefficient (Wildman–Crippen LogP) is 4.63. The lowest BCUT2D eigenvalue weighted by molar-refractivity contribution is 0.00578. The normalized spacial score (nSPS) is 23.9. The SMILES string of the molecule is C[C@@H](c1ccc(B2OC(C)(C)C(C)(C)O2)cc1)N1C(=O)OCCC1c1ccccc1. The largest absolute Gasteiger partial charge is 0.494 e. The summed E-state index contributed by atoms with van der Waals surface area (Å²) < 4.78 is 17.7. The van der Waals surface area contributed by atoms with Crippen LogP contribution in [0.2, 0.25) is 0 Å². The summed E-state index contributed by atoms with van der Waals surface area (Å²) in [6.07, 6.45) is 0.518. The van der Waals surface area contributed by atoms with E-state index in [-0.39, 0.29) is 29.4 Å². The number of hydrogen-bond donors (Lipinski definition) is 0. The Hall–Kier alpha value is -2.31. The van der Waals surface area contributed by atoms with E-state index in [1.54, 1.807) is 0 Å². The van der Waals surface area contributed by atoms with Crippen LogP contribution in [0.5, 0.6) is 0 Å². The van der Waals surface area contributed by atoms with E-state index in [1.807, 2.05) is 42.2 Å². The highest BCUT2D eigenvalue weighted by atomic mass is 16.7. The fraction of sp³-hybridized carbons (Fsp3) is 0.458. The summed E-state index contributed by atoms with van der Waals surface area (Å²) in [6, 6.07) is 18.2. The number of benzene rings is 2. The minimum absolute atomic E-state index is 0.00484. The average Bonchev–Trinajstić information content (AvgIpc) is 2.95. The molecular weight excluding hydrogens is 377 g/mol. The minimum atomic E-state index is -0.392. The first-order valence-corrected chi connectivity index (χ1v) is 10.7. The van der Waals surface area contributed by atoms with Gasteiger partial charge in [0, 0.05) is 6.42 Å². The average molecular weight is 407 g/mol.